The molecule has 0 radical (unpaired) electrons. The molecule has 0 amide bonds. The molecule has 0 N–H and O–H groups in total. The van der Waals surface area contributed by atoms with Crippen LogP contribution in [0.2, 0.25) is 0 Å². The van der Waals surface area contributed by atoms with E-state index < -0.39 is 0 Å². The van der Waals surface area contributed by atoms with E-state index in [4.69, 9.17) is 9.47 Å². The van der Waals surface area contributed by atoms with Gasteiger partial charge in [0.05, 0.1) is 13.2 Å². The molecule has 0 bridgehead atoms. The number of esters is 1. The maximum absolute atomic E-state index is 11.0. The van der Waals surface area contributed by atoms with Crippen LogP contribution in [0.25, 0.3) is 0 Å². The summed E-state index contributed by atoms with van der Waals surface area (Å²) in [6, 6.07) is 0. The van der Waals surface area contributed by atoms with Crippen LogP contribution in [0.4, 0.5) is 0 Å². The second kappa shape index (κ2) is 10.3. The lowest BCUT2D eigenvalue weighted by Crippen LogP contribution is -2.05. The Labute approximate surface area is 98.1 Å². The molecule has 0 aromatic carbocycles. The Morgan fingerprint density at radius 3 is 2.56 bits per heavy atom. The lowest BCUT2D eigenvalue weighted by molar-refractivity contribution is -0.143. The van der Waals surface area contributed by atoms with Crippen molar-refractivity contribution >= 4 is 5.97 Å². The van der Waals surface area contributed by atoms with Crippen molar-refractivity contribution in [3.63, 3.8) is 0 Å². The molecule has 16 heavy (non-hydrogen) atoms. The monoisotopic (exact) mass is 226 g/mol. The van der Waals surface area contributed by atoms with E-state index in [2.05, 4.69) is 6.92 Å². The fourth-order valence-electron chi connectivity index (χ4n) is 1.18. The average molecular weight is 226 g/mol. The summed E-state index contributed by atoms with van der Waals surface area (Å²) in [5.74, 6) is 0.715. The van der Waals surface area contributed by atoms with Crippen molar-refractivity contribution in [2.45, 2.75) is 40.0 Å². The van der Waals surface area contributed by atoms with Crippen LogP contribution in [-0.2, 0) is 14.3 Å². The Bertz CT molecular complexity index is 242. The first-order chi connectivity index (χ1) is 7.74. The largest absolute Gasteiger partial charge is 0.494 e. The molecular weight excluding hydrogens is 204 g/mol. The summed E-state index contributed by atoms with van der Waals surface area (Å²) in [5.41, 5.74) is 0. The zero-order valence-corrected chi connectivity index (χ0v) is 10.5. The Balaban J connectivity index is 3.70. The molecule has 0 unspecified atom stereocenters. The molecule has 0 saturated heterocycles. The third-order valence-electron chi connectivity index (χ3n) is 1.84. The first-order valence-corrected chi connectivity index (χ1v) is 5.85. The van der Waals surface area contributed by atoms with E-state index in [1.54, 1.807) is 0 Å². The topological polar surface area (TPSA) is 35.5 Å². The highest BCUT2D eigenvalue weighted by atomic mass is 16.5. The third-order valence-corrected chi connectivity index (χ3v) is 1.84. The van der Waals surface area contributed by atoms with Crippen LogP contribution in [-0.4, -0.2) is 19.2 Å². The summed E-state index contributed by atoms with van der Waals surface area (Å²) in [6.07, 6.45) is 7.93. The summed E-state index contributed by atoms with van der Waals surface area (Å²) in [6.45, 7) is 6.81. The predicted molar refractivity (Wildman–Crippen MR) is 65.0 cm³/mol. The number of rotatable bonds is 8. The quantitative estimate of drug-likeness (QED) is 0.276. The van der Waals surface area contributed by atoms with E-state index in [-0.39, 0.29) is 5.97 Å². The van der Waals surface area contributed by atoms with Gasteiger partial charge in [0, 0.05) is 6.42 Å². The third kappa shape index (κ3) is 8.09. The number of carbonyl (C=O) groups excluding carboxylic acids is 1. The smallest absolute Gasteiger partial charge is 0.305 e. The summed E-state index contributed by atoms with van der Waals surface area (Å²) < 4.78 is 10.3. The minimum absolute atomic E-state index is 0.154. The first-order valence-electron chi connectivity index (χ1n) is 5.85. The summed E-state index contributed by atoms with van der Waals surface area (Å²) in [5, 5.41) is 0. The molecule has 0 saturated carbocycles. The van der Waals surface area contributed by atoms with Crippen LogP contribution in [0.5, 0.6) is 0 Å². The number of hydrogen-bond acceptors (Lipinski definition) is 3. The molecule has 3 heteroatoms. The molecule has 0 aromatic heterocycles. The van der Waals surface area contributed by atoms with E-state index in [1.807, 2.05) is 32.1 Å². The van der Waals surface area contributed by atoms with Gasteiger partial charge in [-0.25, -0.2) is 0 Å². The van der Waals surface area contributed by atoms with E-state index in [0.29, 0.717) is 26.1 Å². The van der Waals surface area contributed by atoms with Crippen molar-refractivity contribution in [2.75, 3.05) is 13.2 Å². The van der Waals surface area contributed by atoms with E-state index in [9.17, 15) is 4.79 Å². The van der Waals surface area contributed by atoms with Crippen LogP contribution in [0.3, 0.4) is 0 Å². The van der Waals surface area contributed by atoms with E-state index in [1.165, 1.54) is 0 Å². The molecule has 0 heterocycles. The molecule has 0 spiro atoms. The summed E-state index contributed by atoms with van der Waals surface area (Å²) >= 11 is 0. The van der Waals surface area contributed by atoms with Gasteiger partial charge in [-0.1, -0.05) is 13.0 Å². The SMILES string of the molecule is C/C=C\C(=C/CC)OCCCC(=O)OCC. The zero-order valence-electron chi connectivity index (χ0n) is 10.5. The van der Waals surface area contributed by atoms with Crippen molar-refractivity contribution in [1.29, 1.82) is 0 Å². The lowest BCUT2D eigenvalue weighted by atomic mass is 10.3. The standard InChI is InChI=1S/C13H22O3/c1-4-8-12(9-5-2)16-11-7-10-13(14)15-6-3/h4,8-9H,5-7,10-11H2,1-3H3/b8-4-,12-9+. The molecule has 0 aliphatic carbocycles. The van der Waals surface area contributed by atoms with Gasteiger partial charge in [-0.15, -0.1) is 0 Å². The van der Waals surface area contributed by atoms with Crippen LogP contribution >= 0.6 is 0 Å². The van der Waals surface area contributed by atoms with Crippen LogP contribution in [0, 0.1) is 0 Å². The van der Waals surface area contributed by atoms with Gasteiger partial charge in [-0.05, 0) is 38.8 Å². The van der Waals surface area contributed by atoms with Crippen molar-refractivity contribution in [3.8, 4) is 0 Å². The maximum atomic E-state index is 11.0. The average Bonchev–Trinajstić information content (AvgIpc) is 2.25. The fraction of sp³-hybridized carbons (Fsp3) is 0.615. The molecule has 0 rings (SSSR count). The Hall–Kier alpha value is -1.25. The normalized spacial score (nSPS) is 11.8. The van der Waals surface area contributed by atoms with Crippen LogP contribution in [0.1, 0.15) is 40.0 Å². The van der Waals surface area contributed by atoms with Gasteiger partial charge in [0.25, 0.3) is 0 Å². The molecule has 0 aliphatic heterocycles. The minimum Gasteiger partial charge on any atom is -0.494 e. The minimum atomic E-state index is -0.154. The van der Waals surface area contributed by atoms with Crippen molar-refractivity contribution in [2.24, 2.45) is 0 Å². The van der Waals surface area contributed by atoms with Gasteiger partial charge in [0.2, 0.25) is 0 Å². The van der Waals surface area contributed by atoms with E-state index in [0.717, 1.165) is 12.2 Å². The van der Waals surface area contributed by atoms with Crippen LogP contribution < -0.4 is 0 Å². The maximum Gasteiger partial charge on any atom is 0.305 e. The molecule has 0 aliphatic rings. The zero-order chi connectivity index (χ0) is 12.2. The number of ether oxygens (including phenoxy) is 2. The number of hydrogen-bond donors (Lipinski definition) is 0. The van der Waals surface area contributed by atoms with E-state index >= 15 is 0 Å². The second-order valence-electron chi connectivity index (χ2n) is 3.27. The predicted octanol–water partition coefficient (Wildman–Crippen LogP) is 3.22. The Morgan fingerprint density at radius 1 is 1.25 bits per heavy atom. The molecule has 0 fully saturated rings. The number of allylic oxidation sites excluding steroid dienone is 3. The lowest BCUT2D eigenvalue weighted by Gasteiger charge is -2.06. The van der Waals surface area contributed by atoms with Crippen LogP contribution in [0.15, 0.2) is 24.0 Å². The molecule has 92 valence electrons. The fourth-order valence-corrected chi connectivity index (χ4v) is 1.18. The summed E-state index contributed by atoms with van der Waals surface area (Å²) in [7, 11) is 0. The highest BCUT2D eigenvalue weighted by Gasteiger charge is 2.01. The van der Waals surface area contributed by atoms with Gasteiger partial charge < -0.3 is 9.47 Å². The Kier molecular flexibility index (Phi) is 9.47. The number of carbonyl (C=O) groups is 1. The highest BCUT2D eigenvalue weighted by molar-refractivity contribution is 5.69. The molecule has 3 nitrogen and oxygen atoms in total. The van der Waals surface area contributed by atoms with Crippen molar-refractivity contribution in [3.05, 3.63) is 24.0 Å². The first kappa shape index (κ1) is 14.8. The van der Waals surface area contributed by atoms with Gasteiger partial charge >= 0.3 is 5.97 Å². The molecule has 0 aromatic rings. The van der Waals surface area contributed by atoms with Gasteiger partial charge in [0.1, 0.15) is 5.76 Å². The second-order valence-corrected chi connectivity index (χ2v) is 3.27. The Morgan fingerprint density at radius 2 is 2.00 bits per heavy atom. The van der Waals surface area contributed by atoms with Gasteiger partial charge in [-0.2, -0.15) is 0 Å². The summed E-state index contributed by atoms with van der Waals surface area (Å²) in [4.78, 5) is 11.0. The molecular formula is C13H22O3. The van der Waals surface area contributed by atoms with Crippen molar-refractivity contribution < 1.29 is 14.3 Å². The van der Waals surface area contributed by atoms with Gasteiger partial charge in [-0.3, -0.25) is 4.79 Å². The highest BCUT2D eigenvalue weighted by Crippen LogP contribution is 2.04. The molecule has 0 atom stereocenters. The van der Waals surface area contributed by atoms with Gasteiger partial charge in [0.15, 0.2) is 0 Å². The van der Waals surface area contributed by atoms with Crippen molar-refractivity contribution in [1.82, 2.24) is 0 Å².